The van der Waals surface area contributed by atoms with Crippen molar-refractivity contribution in [3.8, 4) is 0 Å². The first kappa shape index (κ1) is 12.0. The van der Waals surface area contributed by atoms with Crippen LogP contribution in [0.3, 0.4) is 0 Å². The molecule has 2 N–H and O–H groups in total. The maximum Gasteiger partial charge on any atom is 0.330 e. The highest BCUT2D eigenvalue weighted by Gasteiger charge is 2.25. The molecule has 1 aliphatic rings. The van der Waals surface area contributed by atoms with Crippen LogP contribution < -0.4 is 11.2 Å². The zero-order valence-corrected chi connectivity index (χ0v) is 9.55. The maximum absolute atomic E-state index is 11.6. The van der Waals surface area contributed by atoms with Crippen LogP contribution in [0.4, 0.5) is 0 Å². The quantitative estimate of drug-likeness (QED) is 0.706. The highest BCUT2D eigenvalue weighted by molar-refractivity contribution is 5.01. The van der Waals surface area contributed by atoms with Gasteiger partial charge in [0.2, 0.25) is 0 Å². The third-order valence-electron chi connectivity index (χ3n) is 2.70. The van der Waals surface area contributed by atoms with Crippen LogP contribution in [-0.4, -0.2) is 39.4 Å². The van der Waals surface area contributed by atoms with E-state index >= 15 is 0 Å². The molecule has 0 amide bonds. The SMILES string of the molecule is Cc1cn(C2CCN(CCO)O2)c(=O)[nH]c1=O. The fourth-order valence-electron chi connectivity index (χ4n) is 1.80. The summed E-state index contributed by atoms with van der Waals surface area (Å²) in [5, 5.41) is 10.4. The second-order valence-electron chi connectivity index (χ2n) is 3.98. The Kier molecular flexibility index (Phi) is 3.41. The van der Waals surface area contributed by atoms with Gasteiger partial charge in [0.05, 0.1) is 6.61 Å². The van der Waals surface area contributed by atoms with Crippen molar-refractivity contribution in [1.82, 2.24) is 14.6 Å². The lowest BCUT2D eigenvalue weighted by Crippen LogP contribution is -2.33. The van der Waals surface area contributed by atoms with Gasteiger partial charge in [0.25, 0.3) is 5.56 Å². The molecule has 1 saturated heterocycles. The van der Waals surface area contributed by atoms with E-state index in [1.54, 1.807) is 12.0 Å². The Balaban J connectivity index is 2.22. The number of aryl methyl sites for hydroxylation is 1. The number of aliphatic hydroxyl groups is 1. The van der Waals surface area contributed by atoms with Crippen LogP contribution in [0.2, 0.25) is 0 Å². The largest absolute Gasteiger partial charge is 0.395 e. The van der Waals surface area contributed by atoms with E-state index in [0.717, 1.165) is 0 Å². The van der Waals surface area contributed by atoms with Crippen LogP contribution in [0, 0.1) is 6.92 Å². The van der Waals surface area contributed by atoms with E-state index in [9.17, 15) is 9.59 Å². The Labute approximate surface area is 97.2 Å². The molecule has 0 radical (unpaired) electrons. The smallest absolute Gasteiger partial charge is 0.330 e. The van der Waals surface area contributed by atoms with Gasteiger partial charge in [-0.2, -0.15) is 5.06 Å². The highest BCUT2D eigenvalue weighted by Crippen LogP contribution is 2.20. The monoisotopic (exact) mass is 241 g/mol. The molecule has 0 aliphatic carbocycles. The second-order valence-corrected chi connectivity index (χ2v) is 3.98. The third kappa shape index (κ3) is 2.46. The van der Waals surface area contributed by atoms with E-state index in [2.05, 4.69) is 4.98 Å². The van der Waals surface area contributed by atoms with Crippen molar-refractivity contribution in [1.29, 1.82) is 0 Å². The number of H-pyrrole nitrogens is 1. The summed E-state index contributed by atoms with van der Waals surface area (Å²) in [6.45, 7) is 2.70. The van der Waals surface area contributed by atoms with Gasteiger partial charge in [0.15, 0.2) is 6.23 Å². The van der Waals surface area contributed by atoms with Crippen molar-refractivity contribution in [2.75, 3.05) is 19.7 Å². The van der Waals surface area contributed by atoms with E-state index in [1.807, 2.05) is 0 Å². The highest BCUT2D eigenvalue weighted by atomic mass is 16.7. The summed E-state index contributed by atoms with van der Waals surface area (Å²) >= 11 is 0. The molecule has 2 rings (SSSR count). The number of aromatic amines is 1. The van der Waals surface area contributed by atoms with Crippen LogP contribution >= 0.6 is 0 Å². The van der Waals surface area contributed by atoms with Crippen LogP contribution in [0.5, 0.6) is 0 Å². The molecular formula is C10H15N3O4. The van der Waals surface area contributed by atoms with Crippen molar-refractivity contribution in [2.24, 2.45) is 0 Å². The van der Waals surface area contributed by atoms with E-state index in [0.29, 0.717) is 25.1 Å². The Hall–Kier alpha value is -1.44. The lowest BCUT2D eigenvalue weighted by atomic mass is 10.3. The molecule has 1 atom stereocenters. The van der Waals surface area contributed by atoms with Gasteiger partial charge in [-0.25, -0.2) is 4.79 Å². The number of hydroxylamine groups is 2. The minimum Gasteiger partial charge on any atom is -0.395 e. The molecule has 7 heteroatoms. The normalized spacial score (nSPS) is 20.9. The lowest BCUT2D eigenvalue weighted by molar-refractivity contribution is -0.173. The fraction of sp³-hybridized carbons (Fsp3) is 0.600. The molecule has 17 heavy (non-hydrogen) atoms. The van der Waals surface area contributed by atoms with Crippen LogP contribution in [0.1, 0.15) is 18.2 Å². The standard InChI is InChI=1S/C10H15N3O4/c1-7-6-13(10(16)11-9(7)15)8-2-3-12(17-8)4-5-14/h6,8,14H,2-5H2,1H3,(H,11,15,16). The van der Waals surface area contributed by atoms with Gasteiger partial charge in [0.1, 0.15) is 0 Å². The molecule has 2 heterocycles. The molecule has 0 spiro atoms. The van der Waals surface area contributed by atoms with Gasteiger partial charge < -0.3 is 5.11 Å². The number of rotatable bonds is 3. The summed E-state index contributed by atoms with van der Waals surface area (Å²) in [7, 11) is 0. The topological polar surface area (TPSA) is 87.6 Å². The van der Waals surface area contributed by atoms with Crippen LogP contribution in [0.25, 0.3) is 0 Å². The predicted molar refractivity (Wildman–Crippen MR) is 59.5 cm³/mol. The Morgan fingerprint density at radius 1 is 1.59 bits per heavy atom. The number of hydrogen-bond donors (Lipinski definition) is 2. The molecular weight excluding hydrogens is 226 g/mol. The number of β-amino-alcohol motifs (C(OH)–C–C–N with tert-alkyl or cyclic N) is 1. The summed E-state index contributed by atoms with van der Waals surface area (Å²) in [4.78, 5) is 30.5. The van der Waals surface area contributed by atoms with Crippen molar-refractivity contribution in [2.45, 2.75) is 19.6 Å². The molecule has 1 aliphatic heterocycles. The fourth-order valence-corrected chi connectivity index (χ4v) is 1.80. The summed E-state index contributed by atoms with van der Waals surface area (Å²) in [5.74, 6) is 0. The number of hydrogen-bond acceptors (Lipinski definition) is 5. The van der Waals surface area contributed by atoms with Crippen LogP contribution in [-0.2, 0) is 4.84 Å². The van der Waals surface area contributed by atoms with Gasteiger partial charge in [-0.15, -0.1) is 0 Å². The molecule has 1 unspecified atom stereocenters. The molecule has 1 aromatic heterocycles. The van der Waals surface area contributed by atoms with Gasteiger partial charge in [-0.3, -0.25) is 19.2 Å². The molecule has 94 valence electrons. The maximum atomic E-state index is 11.6. The van der Waals surface area contributed by atoms with Gasteiger partial charge in [-0.1, -0.05) is 0 Å². The molecule has 7 nitrogen and oxygen atoms in total. The zero-order valence-electron chi connectivity index (χ0n) is 9.55. The minimum absolute atomic E-state index is 0.00622. The van der Waals surface area contributed by atoms with Crippen molar-refractivity contribution < 1.29 is 9.94 Å². The van der Waals surface area contributed by atoms with E-state index in [-0.39, 0.29) is 12.2 Å². The Morgan fingerprint density at radius 3 is 3.06 bits per heavy atom. The first-order valence-electron chi connectivity index (χ1n) is 5.46. The molecule has 1 aromatic rings. The zero-order chi connectivity index (χ0) is 12.4. The average molecular weight is 241 g/mol. The van der Waals surface area contributed by atoms with E-state index < -0.39 is 11.9 Å². The van der Waals surface area contributed by atoms with Crippen molar-refractivity contribution >= 4 is 0 Å². The first-order chi connectivity index (χ1) is 8.11. The second kappa shape index (κ2) is 4.82. The molecule has 1 fully saturated rings. The summed E-state index contributed by atoms with van der Waals surface area (Å²) < 4.78 is 1.37. The predicted octanol–water partition coefficient (Wildman–Crippen LogP) is -1.03. The van der Waals surface area contributed by atoms with Gasteiger partial charge in [-0.05, 0) is 6.92 Å². The van der Waals surface area contributed by atoms with E-state index in [1.165, 1.54) is 10.8 Å². The number of nitrogens with one attached hydrogen (secondary N) is 1. The van der Waals surface area contributed by atoms with Gasteiger partial charge in [0, 0.05) is 31.3 Å². The van der Waals surface area contributed by atoms with Crippen LogP contribution in [0.15, 0.2) is 15.8 Å². The number of aromatic nitrogens is 2. The lowest BCUT2D eigenvalue weighted by Gasteiger charge is -2.16. The van der Waals surface area contributed by atoms with Crippen molar-refractivity contribution in [3.05, 3.63) is 32.6 Å². The summed E-state index contributed by atoms with van der Waals surface area (Å²) in [6.07, 6.45) is 1.73. The third-order valence-corrected chi connectivity index (χ3v) is 2.70. The Morgan fingerprint density at radius 2 is 2.35 bits per heavy atom. The van der Waals surface area contributed by atoms with Crippen molar-refractivity contribution in [3.63, 3.8) is 0 Å². The average Bonchev–Trinajstić information content (AvgIpc) is 2.72. The Bertz CT molecular complexity index is 507. The van der Waals surface area contributed by atoms with E-state index in [4.69, 9.17) is 9.94 Å². The molecule has 0 saturated carbocycles. The number of aliphatic hydroxyl groups excluding tert-OH is 1. The minimum atomic E-state index is -0.476. The van der Waals surface area contributed by atoms with Gasteiger partial charge >= 0.3 is 5.69 Å². The summed E-state index contributed by atoms with van der Waals surface area (Å²) in [6, 6.07) is 0. The first-order valence-corrected chi connectivity index (χ1v) is 5.46. The molecule has 0 bridgehead atoms. The molecule has 0 aromatic carbocycles. The summed E-state index contributed by atoms with van der Waals surface area (Å²) in [5.41, 5.74) is -0.387. The number of nitrogens with zero attached hydrogens (tertiary/aromatic N) is 2.